The second-order valence-corrected chi connectivity index (χ2v) is 4.30. The minimum Gasteiger partial charge on any atom is -0.315 e. The van der Waals surface area contributed by atoms with Gasteiger partial charge in [-0.2, -0.15) is 11.8 Å². The minimum atomic E-state index is 0.818. The lowest BCUT2D eigenvalue weighted by atomic mass is 10.4. The molecule has 1 aliphatic rings. The Morgan fingerprint density at radius 1 is 1.10 bits per heavy atom. The van der Waals surface area contributed by atoms with Crippen molar-refractivity contribution in [1.82, 2.24) is 5.32 Å². The highest BCUT2D eigenvalue weighted by molar-refractivity contribution is 8.00. The number of thioether (sulfide) groups is 1. The van der Waals surface area contributed by atoms with Crippen LogP contribution in [-0.4, -0.2) is 23.6 Å². The van der Waals surface area contributed by atoms with E-state index in [0.29, 0.717) is 0 Å². The van der Waals surface area contributed by atoms with Crippen molar-refractivity contribution < 1.29 is 0 Å². The molecule has 1 fully saturated rings. The Morgan fingerprint density at radius 3 is 1.70 bits per heavy atom. The van der Waals surface area contributed by atoms with Crippen molar-refractivity contribution in [2.45, 2.75) is 38.2 Å². The van der Waals surface area contributed by atoms with Crippen molar-refractivity contribution >= 4 is 11.8 Å². The van der Waals surface area contributed by atoms with Gasteiger partial charge in [0.1, 0.15) is 0 Å². The highest BCUT2D eigenvalue weighted by Gasteiger charge is 2.13. The molecule has 1 N–H and O–H groups in total. The van der Waals surface area contributed by atoms with Gasteiger partial charge >= 0.3 is 0 Å². The molecular formula is C8H19NS. The molecule has 0 saturated carbocycles. The molecular weight excluding hydrogens is 142 g/mol. The number of hydrogen-bond donors (Lipinski definition) is 1. The van der Waals surface area contributed by atoms with Gasteiger partial charge in [0.15, 0.2) is 0 Å². The maximum atomic E-state index is 3.36. The summed E-state index contributed by atoms with van der Waals surface area (Å²) in [5, 5.41) is 5.00. The largest absolute Gasteiger partial charge is 0.315 e. The SMILES string of the molecule is CC.CC1CNCC(C)S1. The van der Waals surface area contributed by atoms with Gasteiger partial charge < -0.3 is 5.32 Å². The van der Waals surface area contributed by atoms with Crippen molar-refractivity contribution in [2.75, 3.05) is 13.1 Å². The molecule has 2 heteroatoms. The zero-order valence-electron chi connectivity index (χ0n) is 7.48. The molecule has 1 aliphatic heterocycles. The fourth-order valence-corrected chi connectivity index (χ4v) is 2.20. The lowest BCUT2D eigenvalue weighted by Crippen LogP contribution is -2.35. The Hall–Kier alpha value is 0.310. The van der Waals surface area contributed by atoms with Gasteiger partial charge in [-0.15, -0.1) is 0 Å². The molecule has 10 heavy (non-hydrogen) atoms. The molecule has 2 unspecified atom stereocenters. The molecule has 0 aliphatic carbocycles. The normalized spacial score (nSPS) is 32.4. The molecule has 0 amide bonds. The Kier molecular flexibility index (Phi) is 6.24. The van der Waals surface area contributed by atoms with Crippen LogP contribution in [0.5, 0.6) is 0 Å². The van der Waals surface area contributed by atoms with Gasteiger partial charge in [0.2, 0.25) is 0 Å². The summed E-state index contributed by atoms with van der Waals surface area (Å²) < 4.78 is 0. The third-order valence-corrected chi connectivity index (χ3v) is 2.59. The predicted molar refractivity (Wildman–Crippen MR) is 50.7 cm³/mol. The van der Waals surface area contributed by atoms with E-state index in [1.807, 2.05) is 13.8 Å². The molecule has 0 bridgehead atoms. The number of rotatable bonds is 0. The Labute approximate surface area is 69.0 Å². The van der Waals surface area contributed by atoms with Gasteiger partial charge in [-0.25, -0.2) is 0 Å². The summed E-state index contributed by atoms with van der Waals surface area (Å²) in [6, 6.07) is 0. The summed E-state index contributed by atoms with van der Waals surface area (Å²) in [6.07, 6.45) is 0. The van der Waals surface area contributed by atoms with Gasteiger partial charge in [-0.1, -0.05) is 27.7 Å². The fraction of sp³-hybridized carbons (Fsp3) is 1.00. The zero-order chi connectivity index (χ0) is 7.98. The molecule has 1 rings (SSSR count). The van der Waals surface area contributed by atoms with Gasteiger partial charge in [-0.3, -0.25) is 0 Å². The fourth-order valence-electron chi connectivity index (χ4n) is 0.983. The van der Waals surface area contributed by atoms with Gasteiger partial charge in [-0.05, 0) is 0 Å². The predicted octanol–water partition coefficient (Wildman–Crippen LogP) is 2.13. The van der Waals surface area contributed by atoms with Crippen LogP contribution in [0.3, 0.4) is 0 Å². The second kappa shape index (κ2) is 6.05. The highest BCUT2D eigenvalue weighted by Crippen LogP contribution is 2.18. The van der Waals surface area contributed by atoms with Crippen LogP contribution in [0.15, 0.2) is 0 Å². The van der Waals surface area contributed by atoms with E-state index in [-0.39, 0.29) is 0 Å². The first-order chi connectivity index (χ1) is 4.79. The first-order valence-corrected chi connectivity index (χ1v) is 5.09. The molecule has 1 nitrogen and oxygen atoms in total. The third-order valence-electron chi connectivity index (χ3n) is 1.33. The van der Waals surface area contributed by atoms with Crippen LogP contribution in [0.25, 0.3) is 0 Å². The van der Waals surface area contributed by atoms with E-state index in [2.05, 4.69) is 30.9 Å². The molecule has 0 aromatic carbocycles. The molecule has 0 spiro atoms. The van der Waals surface area contributed by atoms with Crippen LogP contribution in [-0.2, 0) is 0 Å². The van der Waals surface area contributed by atoms with Crippen LogP contribution in [0.2, 0.25) is 0 Å². The van der Waals surface area contributed by atoms with Crippen molar-refractivity contribution in [3.05, 3.63) is 0 Å². The molecule has 1 saturated heterocycles. The van der Waals surface area contributed by atoms with E-state index in [4.69, 9.17) is 0 Å². The molecule has 0 aromatic heterocycles. The van der Waals surface area contributed by atoms with E-state index < -0.39 is 0 Å². The average molecular weight is 161 g/mol. The Morgan fingerprint density at radius 2 is 1.50 bits per heavy atom. The van der Waals surface area contributed by atoms with Crippen LogP contribution >= 0.6 is 11.8 Å². The lowest BCUT2D eigenvalue weighted by Gasteiger charge is -2.23. The summed E-state index contributed by atoms with van der Waals surface area (Å²) in [5.41, 5.74) is 0. The maximum absolute atomic E-state index is 3.36. The molecule has 0 aromatic rings. The quantitative estimate of drug-likeness (QED) is 0.584. The first kappa shape index (κ1) is 10.3. The standard InChI is InChI=1S/C6H13NS.C2H6/c1-5-3-7-4-6(2)8-5;1-2/h5-7H,3-4H2,1-2H3;1-2H3. The van der Waals surface area contributed by atoms with E-state index in [9.17, 15) is 0 Å². The van der Waals surface area contributed by atoms with E-state index in [1.165, 1.54) is 13.1 Å². The highest BCUT2D eigenvalue weighted by atomic mass is 32.2. The summed E-state index contributed by atoms with van der Waals surface area (Å²) in [7, 11) is 0. The van der Waals surface area contributed by atoms with E-state index in [1.54, 1.807) is 0 Å². The van der Waals surface area contributed by atoms with Crippen molar-refractivity contribution in [3.63, 3.8) is 0 Å². The van der Waals surface area contributed by atoms with Gasteiger partial charge in [0.05, 0.1) is 0 Å². The van der Waals surface area contributed by atoms with Crippen LogP contribution in [0.1, 0.15) is 27.7 Å². The van der Waals surface area contributed by atoms with Gasteiger partial charge in [0.25, 0.3) is 0 Å². The minimum absolute atomic E-state index is 0.818. The molecule has 62 valence electrons. The van der Waals surface area contributed by atoms with Crippen LogP contribution in [0.4, 0.5) is 0 Å². The number of nitrogens with one attached hydrogen (secondary N) is 1. The van der Waals surface area contributed by atoms with Gasteiger partial charge in [0, 0.05) is 23.6 Å². The van der Waals surface area contributed by atoms with E-state index >= 15 is 0 Å². The smallest absolute Gasteiger partial charge is 0.0147 e. The van der Waals surface area contributed by atoms with Crippen molar-refractivity contribution in [2.24, 2.45) is 0 Å². The second-order valence-electron chi connectivity index (χ2n) is 2.42. The van der Waals surface area contributed by atoms with E-state index in [0.717, 1.165) is 10.5 Å². The Bertz CT molecular complexity index is 67.7. The summed E-state index contributed by atoms with van der Waals surface area (Å²) >= 11 is 2.08. The zero-order valence-corrected chi connectivity index (χ0v) is 8.29. The third kappa shape index (κ3) is 4.18. The maximum Gasteiger partial charge on any atom is 0.0147 e. The Balaban J connectivity index is 0.000000371. The average Bonchev–Trinajstić information content (AvgIpc) is 1.91. The molecule has 1 heterocycles. The summed E-state index contributed by atoms with van der Waals surface area (Å²) in [4.78, 5) is 0. The summed E-state index contributed by atoms with van der Waals surface area (Å²) in [5.74, 6) is 0. The topological polar surface area (TPSA) is 12.0 Å². The van der Waals surface area contributed by atoms with Crippen LogP contribution < -0.4 is 5.32 Å². The van der Waals surface area contributed by atoms with Crippen molar-refractivity contribution in [1.29, 1.82) is 0 Å². The lowest BCUT2D eigenvalue weighted by molar-refractivity contribution is 0.648. The van der Waals surface area contributed by atoms with Crippen LogP contribution in [0, 0.1) is 0 Å². The first-order valence-electron chi connectivity index (χ1n) is 4.15. The summed E-state index contributed by atoms with van der Waals surface area (Å²) in [6.45, 7) is 10.9. The van der Waals surface area contributed by atoms with Crippen molar-refractivity contribution in [3.8, 4) is 0 Å². The monoisotopic (exact) mass is 161 g/mol. The number of hydrogen-bond acceptors (Lipinski definition) is 2. The molecule has 2 atom stereocenters. The molecule has 0 radical (unpaired) electrons.